The lowest BCUT2D eigenvalue weighted by Gasteiger charge is -2.29. The number of Topliss-reactive ketones (excluding diaryl/α,β-unsaturated/α-hetero) is 1. The van der Waals surface area contributed by atoms with Crippen LogP contribution in [-0.4, -0.2) is 37.0 Å². The molecule has 0 bridgehead atoms. The van der Waals surface area contributed by atoms with Gasteiger partial charge in [0.15, 0.2) is 11.5 Å². The number of methoxy groups -OCH3 is 1. The molecule has 2 aromatic carbocycles. The zero-order valence-corrected chi connectivity index (χ0v) is 19.7. The second-order valence-corrected chi connectivity index (χ2v) is 8.88. The van der Waals surface area contributed by atoms with E-state index in [2.05, 4.69) is 18.7 Å². The number of ketones is 1. The zero-order valence-electron chi connectivity index (χ0n) is 19.7. The molecule has 1 N–H and O–H groups in total. The van der Waals surface area contributed by atoms with Crippen LogP contribution in [0.1, 0.15) is 46.2 Å². The van der Waals surface area contributed by atoms with Crippen LogP contribution in [0.4, 0.5) is 11.4 Å². The highest BCUT2D eigenvalue weighted by atomic mass is 16.5. The van der Waals surface area contributed by atoms with Crippen molar-refractivity contribution in [1.29, 1.82) is 0 Å². The Morgan fingerprint density at radius 2 is 1.72 bits per heavy atom. The summed E-state index contributed by atoms with van der Waals surface area (Å²) >= 11 is 0. The summed E-state index contributed by atoms with van der Waals surface area (Å²) < 4.78 is 5.33. The molecule has 1 amide bonds. The van der Waals surface area contributed by atoms with Gasteiger partial charge < -0.3 is 14.7 Å². The van der Waals surface area contributed by atoms with E-state index in [-0.39, 0.29) is 11.4 Å². The van der Waals surface area contributed by atoms with Crippen molar-refractivity contribution in [2.75, 3.05) is 30.0 Å². The molecule has 3 rings (SSSR count). The predicted molar refractivity (Wildman–Crippen MR) is 127 cm³/mol. The molecule has 0 fully saturated rings. The van der Waals surface area contributed by atoms with Crippen LogP contribution in [0, 0.1) is 5.41 Å². The fraction of sp³-hybridized carbons (Fsp3) is 0.385. The molecule has 0 aliphatic carbocycles. The SMILES string of the molecule is CCN(CC)c1ccc(C2C(C(=O)C(C)(C)C)=C(O)C(=O)N2c2cccc(OC)c2)cc1. The Labute approximate surface area is 190 Å². The van der Waals surface area contributed by atoms with Crippen LogP contribution in [0.3, 0.4) is 0 Å². The molecular formula is C26H32N2O4. The van der Waals surface area contributed by atoms with Crippen LogP contribution in [0.5, 0.6) is 5.75 Å². The Kier molecular flexibility index (Phi) is 6.63. The van der Waals surface area contributed by atoms with Crippen molar-refractivity contribution in [3.8, 4) is 5.75 Å². The fourth-order valence-corrected chi connectivity index (χ4v) is 4.04. The Morgan fingerprint density at radius 1 is 1.09 bits per heavy atom. The minimum Gasteiger partial charge on any atom is -0.503 e. The van der Waals surface area contributed by atoms with E-state index in [4.69, 9.17) is 4.74 Å². The second-order valence-electron chi connectivity index (χ2n) is 8.88. The van der Waals surface area contributed by atoms with Gasteiger partial charge in [0.2, 0.25) is 0 Å². The normalized spacial score (nSPS) is 16.5. The van der Waals surface area contributed by atoms with Gasteiger partial charge in [-0.15, -0.1) is 0 Å². The van der Waals surface area contributed by atoms with Gasteiger partial charge in [-0.1, -0.05) is 39.0 Å². The molecule has 1 unspecified atom stereocenters. The van der Waals surface area contributed by atoms with E-state index in [9.17, 15) is 14.7 Å². The Balaban J connectivity index is 2.16. The standard InChI is InChI=1S/C26H32N2O4/c1-7-27(8-2)18-14-12-17(13-15-18)22-21(24(30)26(3,4)5)23(29)25(31)28(22)19-10-9-11-20(16-19)32-6/h9-16,22,29H,7-8H2,1-6H3. The van der Waals surface area contributed by atoms with Crippen molar-refractivity contribution in [3.63, 3.8) is 0 Å². The Morgan fingerprint density at radius 3 is 2.25 bits per heavy atom. The average Bonchev–Trinajstić information content (AvgIpc) is 3.04. The second kappa shape index (κ2) is 9.07. The van der Waals surface area contributed by atoms with Crippen LogP contribution in [0.15, 0.2) is 59.9 Å². The first-order chi connectivity index (χ1) is 15.1. The predicted octanol–water partition coefficient (Wildman–Crippen LogP) is 5.06. The van der Waals surface area contributed by atoms with Gasteiger partial charge >= 0.3 is 0 Å². The molecule has 6 heteroatoms. The third-order valence-electron chi connectivity index (χ3n) is 5.80. The van der Waals surface area contributed by atoms with Crippen LogP contribution >= 0.6 is 0 Å². The summed E-state index contributed by atoms with van der Waals surface area (Å²) in [5, 5.41) is 10.8. The number of aliphatic hydroxyl groups excluding tert-OH is 1. The topological polar surface area (TPSA) is 70.1 Å². The van der Waals surface area contributed by atoms with Gasteiger partial charge in [0, 0.05) is 35.9 Å². The quantitative estimate of drug-likeness (QED) is 0.657. The van der Waals surface area contributed by atoms with Crippen LogP contribution in [-0.2, 0) is 9.59 Å². The molecule has 32 heavy (non-hydrogen) atoms. The first kappa shape index (κ1) is 23.4. The monoisotopic (exact) mass is 436 g/mol. The third-order valence-corrected chi connectivity index (χ3v) is 5.80. The molecule has 0 saturated heterocycles. The highest BCUT2D eigenvalue weighted by molar-refractivity contribution is 6.17. The number of rotatable bonds is 7. The van der Waals surface area contributed by atoms with E-state index in [1.165, 1.54) is 4.90 Å². The molecule has 1 aliphatic heterocycles. The van der Waals surface area contributed by atoms with Crippen molar-refractivity contribution in [1.82, 2.24) is 0 Å². The molecule has 0 saturated carbocycles. The lowest BCUT2D eigenvalue weighted by molar-refractivity contribution is -0.123. The van der Waals surface area contributed by atoms with E-state index in [1.807, 2.05) is 24.3 Å². The highest BCUT2D eigenvalue weighted by Gasteiger charge is 2.46. The number of anilines is 2. The molecule has 0 spiro atoms. The minimum absolute atomic E-state index is 0.126. The molecule has 1 heterocycles. The number of nitrogens with zero attached hydrogens (tertiary/aromatic N) is 2. The summed E-state index contributed by atoms with van der Waals surface area (Å²) in [6.07, 6.45) is 0. The van der Waals surface area contributed by atoms with Crippen LogP contribution < -0.4 is 14.5 Å². The van der Waals surface area contributed by atoms with E-state index >= 15 is 0 Å². The van der Waals surface area contributed by atoms with Crippen molar-refractivity contribution in [2.45, 2.75) is 40.7 Å². The van der Waals surface area contributed by atoms with Crippen LogP contribution in [0.25, 0.3) is 0 Å². The Hall–Kier alpha value is -3.28. The molecule has 0 radical (unpaired) electrons. The molecular weight excluding hydrogens is 404 g/mol. The maximum atomic E-state index is 13.3. The number of carbonyl (C=O) groups excluding carboxylic acids is 2. The molecule has 6 nitrogen and oxygen atoms in total. The number of ether oxygens (including phenoxy) is 1. The van der Waals surface area contributed by atoms with Gasteiger partial charge in [0.1, 0.15) is 5.75 Å². The van der Waals surface area contributed by atoms with Crippen LogP contribution in [0.2, 0.25) is 0 Å². The van der Waals surface area contributed by atoms with Crippen molar-refractivity contribution >= 4 is 23.1 Å². The van der Waals surface area contributed by atoms with Gasteiger partial charge in [-0.25, -0.2) is 0 Å². The van der Waals surface area contributed by atoms with E-state index in [0.717, 1.165) is 24.3 Å². The van der Waals surface area contributed by atoms with E-state index in [1.54, 1.807) is 52.1 Å². The zero-order chi connectivity index (χ0) is 23.6. The van der Waals surface area contributed by atoms with Gasteiger partial charge in [0.05, 0.1) is 18.7 Å². The first-order valence-corrected chi connectivity index (χ1v) is 10.9. The van der Waals surface area contributed by atoms with Crippen molar-refractivity contribution < 1.29 is 19.4 Å². The summed E-state index contributed by atoms with van der Waals surface area (Å²) in [4.78, 5) is 30.3. The largest absolute Gasteiger partial charge is 0.503 e. The lowest BCUT2D eigenvalue weighted by Crippen LogP contribution is -2.33. The minimum atomic E-state index is -0.757. The summed E-state index contributed by atoms with van der Waals surface area (Å²) in [7, 11) is 1.55. The lowest BCUT2D eigenvalue weighted by atomic mass is 9.82. The van der Waals surface area contributed by atoms with Gasteiger partial charge in [0.25, 0.3) is 5.91 Å². The number of carbonyl (C=O) groups is 2. The molecule has 0 aromatic heterocycles. The maximum absolute atomic E-state index is 13.3. The maximum Gasteiger partial charge on any atom is 0.294 e. The Bertz CT molecular complexity index is 1030. The number of hydrogen-bond donors (Lipinski definition) is 1. The van der Waals surface area contributed by atoms with E-state index < -0.39 is 23.1 Å². The number of benzene rings is 2. The summed E-state index contributed by atoms with van der Waals surface area (Å²) in [6, 6.07) is 14.2. The summed E-state index contributed by atoms with van der Waals surface area (Å²) in [5.41, 5.74) is 1.74. The molecule has 1 atom stereocenters. The molecule has 170 valence electrons. The first-order valence-electron chi connectivity index (χ1n) is 10.9. The summed E-state index contributed by atoms with van der Waals surface area (Å²) in [6.45, 7) is 11.3. The number of aliphatic hydroxyl groups is 1. The van der Waals surface area contributed by atoms with Crippen molar-refractivity contribution in [3.05, 3.63) is 65.4 Å². The average molecular weight is 437 g/mol. The number of amides is 1. The van der Waals surface area contributed by atoms with Gasteiger partial charge in [-0.05, 0) is 43.7 Å². The fourth-order valence-electron chi connectivity index (χ4n) is 4.04. The van der Waals surface area contributed by atoms with E-state index in [0.29, 0.717) is 11.4 Å². The smallest absolute Gasteiger partial charge is 0.294 e. The third kappa shape index (κ3) is 4.22. The molecule has 1 aliphatic rings. The summed E-state index contributed by atoms with van der Waals surface area (Å²) in [5.74, 6) is -0.762. The van der Waals surface area contributed by atoms with Crippen molar-refractivity contribution in [2.24, 2.45) is 5.41 Å². The van der Waals surface area contributed by atoms with Gasteiger partial charge in [-0.2, -0.15) is 0 Å². The molecule has 2 aromatic rings. The highest BCUT2D eigenvalue weighted by Crippen LogP contribution is 2.44. The number of hydrogen-bond acceptors (Lipinski definition) is 5. The van der Waals surface area contributed by atoms with Gasteiger partial charge in [-0.3, -0.25) is 14.5 Å².